The van der Waals surface area contributed by atoms with Crippen LogP contribution in [-0.4, -0.2) is 46.7 Å². The number of benzene rings is 1. The highest BCUT2D eigenvalue weighted by Gasteiger charge is 2.06. The molecule has 4 nitrogen and oxygen atoms in total. The molecule has 0 bridgehead atoms. The van der Waals surface area contributed by atoms with E-state index in [4.69, 9.17) is 25.8 Å². The lowest BCUT2D eigenvalue weighted by atomic mass is 10.1. The molecule has 114 valence electrons. The fourth-order valence-electron chi connectivity index (χ4n) is 1.73. The van der Waals surface area contributed by atoms with Crippen LogP contribution in [0.2, 0.25) is 0 Å². The Kier molecular flexibility index (Phi) is 9.41. The summed E-state index contributed by atoms with van der Waals surface area (Å²) < 4.78 is 15.7. The van der Waals surface area contributed by atoms with Crippen LogP contribution in [0.1, 0.15) is 17.9 Å². The molecule has 0 aromatic heterocycles. The van der Waals surface area contributed by atoms with Crippen LogP contribution >= 0.6 is 11.6 Å². The van der Waals surface area contributed by atoms with Crippen molar-refractivity contribution >= 4 is 17.3 Å². The van der Waals surface area contributed by atoms with Crippen LogP contribution in [-0.2, 0) is 14.2 Å². The van der Waals surface area contributed by atoms with Gasteiger partial charge in [-0.25, -0.2) is 0 Å². The molecule has 0 saturated heterocycles. The first-order valence-corrected chi connectivity index (χ1v) is 7.30. The molecular formula is C15H24ClNO3. The van der Waals surface area contributed by atoms with E-state index < -0.39 is 0 Å². The topological polar surface area (TPSA) is 39.7 Å². The van der Waals surface area contributed by atoms with E-state index >= 15 is 0 Å². The maximum absolute atomic E-state index is 6.13. The molecule has 0 heterocycles. The first kappa shape index (κ1) is 17.2. The lowest BCUT2D eigenvalue weighted by molar-refractivity contribution is 0.0272. The second-order valence-electron chi connectivity index (χ2n) is 4.35. The minimum absolute atomic E-state index is 0.00574. The van der Waals surface area contributed by atoms with E-state index in [-0.39, 0.29) is 5.38 Å². The molecule has 1 aromatic carbocycles. The highest BCUT2D eigenvalue weighted by Crippen LogP contribution is 2.26. The van der Waals surface area contributed by atoms with Crippen LogP contribution in [0, 0.1) is 0 Å². The van der Waals surface area contributed by atoms with Gasteiger partial charge in [0, 0.05) is 19.3 Å². The predicted octanol–water partition coefficient (Wildman–Crippen LogP) is 3.08. The lowest BCUT2D eigenvalue weighted by Gasteiger charge is -2.13. The highest BCUT2D eigenvalue weighted by atomic mass is 35.5. The number of hydrogen-bond acceptors (Lipinski definition) is 4. The van der Waals surface area contributed by atoms with Crippen LogP contribution in [0.3, 0.4) is 0 Å². The zero-order chi connectivity index (χ0) is 14.6. The van der Waals surface area contributed by atoms with Crippen LogP contribution in [0.4, 0.5) is 5.69 Å². The molecule has 0 saturated carbocycles. The Morgan fingerprint density at radius 3 is 2.40 bits per heavy atom. The Morgan fingerprint density at radius 1 is 1.05 bits per heavy atom. The molecule has 1 N–H and O–H groups in total. The maximum Gasteiger partial charge on any atom is 0.0701 e. The summed E-state index contributed by atoms with van der Waals surface area (Å²) in [6.07, 6.45) is 0. The second kappa shape index (κ2) is 10.9. The summed E-state index contributed by atoms with van der Waals surface area (Å²) in [6.45, 7) is 5.78. The van der Waals surface area contributed by atoms with Crippen molar-refractivity contribution in [2.75, 3.05) is 52.0 Å². The average molecular weight is 302 g/mol. The largest absolute Gasteiger partial charge is 0.382 e. The van der Waals surface area contributed by atoms with Crippen LogP contribution in [0.15, 0.2) is 24.3 Å². The van der Waals surface area contributed by atoms with Gasteiger partial charge in [-0.3, -0.25) is 0 Å². The van der Waals surface area contributed by atoms with Crippen molar-refractivity contribution < 1.29 is 14.2 Å². The monoisotopic (exact) mass is 301 g/mol. The minimum atomic E-state index is -0.00574. The standard InChI is InChI=1S/C15H24ClNO3/c1-13(16)14-5-3-4-6-15(14)17-7-8-19-11-12-20-10-9-18-2/h3-6,13,17H,7-12H2,1-2H3. The van der Waals surface area contributed by atoms with E-state index in [0.717, 1.165) is 17.8 Å². The molecule has 1 unspecified atom stereocenters. The second-order valence-corrected chi connectivity index (χ2v) is 5.00. The van der Waals surface area contributed by atoms with Crippen molar-refractivity contribution in [2.24, 2.45) is 0 Å². The van der Waals surface area contributed by atoms with E-state index in [0.29, 0.717) is 33.0 Å². The molecular weight excluding hydrogens is 278 g/mol. The van der Waals surface area contributed by atoms with E-state index in [2.05, 4.69) is 5.32 Å². The number of halogens is 1. The quantitative estimate of drug-likeness (QED) is 0.504. The number of ether oxygens (including phenoxy) is 3. The Bertz CT molecular complexity index is 361. The summed E-state index contributed by atoms with van der Waals surface area (Å²) in [7, 11) is 1.66. The van der Waals surface area contributed by atoms with Crippen LogP contribution in [0.25, 0.3) is 0 Å². The average Bonchev–Trinajstić information content (AvgIpc) is 2.46. The van der Waals surface area contributed by atoms with Gasteiger partial charge in [0.1, 0.15) is 0 Å². The van der Waals surface area contributed by atoms with E-state index in [1.54, 1.807) is 7.11 Å². The normalized spacial score (nSPS) is 12.3. The molecule has 20 heavy (non-hydrogen) atoms. The van der Waals surface area contributed by atoms with Gasteiger partial charge in [-0.15, -0.1) is 11.6 Å². The first-order chi connectivity index (χ1) is 9.75. The van der Waals surface area contributed by atoms with E-state index in [1.165, 1.54) is 0 Å². The van der Waals surface area contributed by atoms with Gasteiger partial charge in [0.15, 0.2) is 0 Å². The number of rotatable bonds is 11. The third-order valence-electron chi connectivity index (χ3n) is 2.75. The van der Waals surface area contributed by atoms with Crippen molar-refractivity contribution in [2.45, 2.75) is 12.3 Å². The van der Waals surface area contributed by atoms with Gasteiger partial charge in [0.25, 0.3) is 0 Å². The third kappa shape index (κ3) is 7.10. The SMILES string of the molecule is COCCOCCOCCNc1ccccc1C(C)Cl. The Morgan fingerprint density at radius 2 is 1.70 bits per heavy atom. The van der Waals surface area contributed by atoms with Crippen molar-refractivity contribution in [3.63, 3.8) is 0 Å². The molecule has 1 rings (SSSR count). The fourth-order valence-corrected chi connectivity index (χ4v) is 1.92. The molecule has 1 aromatic rings. The number of hydrogen-bond donors (Lipinski definition) is 1. The number of nitrogens with one attached hydrogen (secondary N) is 1. The molecule has 0 aliphatic heterocycles. The summed E-state index contributed by atoms with van der Waals surface area (Å²) >= 11 is 6.13. The number of methoxy groups -OCH3 is 1. The molecule has 0 radical (unpaired) electrons. The van der Waals surface area contributed by atoms with Gasteiger partial charge in [-0.1, -0.05) is 18.2 Å². The van der Waals surface area contributed by atoms with Crippen LogP contribution in [0.5, 0.6) is 0 Å². The van der Waals surface area contributed by atoms with Gasteiger partial charge in [-0.05, 0) is 18.6 Å². The molecule has 0 spiro atoms. The Hall–Kier alpha value is -0.810. The highest BCUT2D eigenvalue weighted by molar-refractivity contribution is 6.21. The van der Waals surface area contributed by atoms with Gasteiger partial charge in [-0.2, -0.15) is 0 Å². The molecule has 1 atom stereocenters. The molecule has 0 aliphatic rings. The predicted molar refractivity (Wildman–Crippen MR) is 82.7 cm³/mol. The Labute approximate surface area is 126 Å². The molecule has 0 aliphatic carbocycles. The molecule has 0 fully saturated rings. The summed E-state index contributed by atoms with van der Waals surface area (Å²) in [5.74, 6) is 0. The van der Waals surface area contributed by atoms with E-state index in [1.807, 2.05) is 31.2 Å². The fraction of sp³-hybridized carbons (Fsp3) is 0.600. The smallest absolute Gasteiger partial charge is 0.0701 e. The Balaban J connectivity index is 2.10. The van der Waals surface area contributed by atoms with Crippen molar-refractivity contribution in [1.29, 1.82) is 0 Å². The minimum Gasteiger partial charge on any atom is -0.382 e. The summed E-state index contributed by atoms with van der Waals surface area (Å²) in [6, 6.07) is 8.05. The van der Waals surface area contributed by atoms with E-state index in [9.17, 15) is 0 Å². The van der Waals surface area contributed by atoms with Crippen LogP contribution < -0.4 is 5.32 Å². The van der Waals surface area contributed by atoms with Gasteiger partial charge >= 0.3 is 0 Å². The molecule has 0 amide bonds. The number of alkyl halides is 1. The summed E-state index contributed by atoms with van der Waals surface area (Å²) in [5, 5.41) is 3.33. The zero-order valence-corrected chi connectivity index (χ0v) is 13.0. The lowest BCUT2D eigenvalue weighted by Crippen LogP contribution is -2.14. The van der Waals surface area contributed by atoms with Gasteiger partial charge in [0.2, 0.25) is 0 Å². The van der Waals surface area contributed by atoms with Crippen molar-refractivity contribution in [1.82, 2.24) is 0 Å². The van der Waals surface area contributed by atoms with Gasteiger partial charge < -0.3 is 19.5 Å². The maximum atomic E-state index is 6.13. The number of para-hydroxylation sites is 1. The van der Waals surface area contributed by atoms with Crippen molar-refractivity contribution in [3.8, 4) is 0 Å². The third-order valence-corrected chi connectivity index (χ3v) is 2.99. The van der Waals surface area contributed by atoms with Gasteiger partial charge in [0.05, 0.1) is 38.4 Å². The zero-order valence-electron chi connectivity index (χ0n) is 12.2. The summed E-state index contributed by atoms with van der Waals surface area (Å²) in [4.78, 5) is 0. The van der Waals surface area contributed by atoms with Crippen molar-refractivity contribution in [3.05, 3.63) is 29.8 Å². The first-order valence-electron chi connectivity index (χ1n) is 6.87. The molecule has 5 heteroatoms. The summed E-state index contributed by atoms with van der Waals surface area (Å²) in [5.41, 5.74) is 2.17. The number of anilines is 1.